The van der Waals surface area contributed by atoms with Gasteiger partial charge in [0.2, 0.25) is 5.91 Å². The molecule has 352 valence electrons. The highest BCUT2D eigenvalue weighted by molar-refractivity contribution is 5.93. The van der Waals surface area contributed by atoms with Crippen LogP contribution in [0.4, 0.5) is 0 Å². The van der Waals surface area contributed by atoms with Gasteiger partial charge >= 0.3 is 0 Å². The summed E-state index contributed by atoms with van der Waals surface area (Å²) in [6, 6.07) is 12.3. The Kier molecular flexibility index (Phi) is 12.2. The molecule has 1 saturated carbocycles. The van der Waals surface area contributed by atoms with E-state index >= 15 is 0 Å². The minimum atomic E-state index is -2.41. The van der Waals surface area contributed by atoms with Crippen LogP contribution in [0.5, 0.6) is 17.2 Å². The number of phenols is 2. The molecule has 2 aliphatic heterocycles. The number of hydrogen-bond acceptors (Lipinski definition) is 13. The van der Waals surface area contributed by atoms with Crippen molar-refractivity contribution < 1.29 is 59.5 Å². The largest absolute Gasteiger partial charge is 0.508 e. The van der Waals surface area contributed by atoms with E-state index in [-0.39, 0.29) is 35.2 Å². The number of aromatic hydroxyl groups is 2. The molecule has 1 amide bonds. The number of carbonyl (C=O) groups excluding carboxylic acids is 1. The number of hydrogen-bond donors (Lipinski definition) is 9. The van der Waals surface area contributed by atoms with Crippen molar-refractivity contribution in [1.82, 2.24) is 14.9 Å². The average Bonchev–Trinajstić information content (AvgIpc) is 3.99. The summed E-state index contributed by atoms with van der Waals surface area (Å²) in [5, 5.41) is 81.1. The highest BCUT2D eigenvalue weighted by Crippen LogP contribution is 2.50. The molecule has 16 nitrogen and oxygen atoms in total. The van der Waals surface area contributed by atoms with Gasteiger partial charge in [-0.05, 0) is 99.2 Å². The first kappa shape index (κ1) is 45.7. The second kappa shape index (κ2) is 17.6. The third-order valence-electron chi connectivity index (χ3n) is 14.8. The van der Waals surface area contributed by atoms with Crippen LogP contribution in [0.15, 0.2) is 70.1 Å². The lowest BCUT2D eigenvalue weighted by atomic mass is 9.65. The van der Waals surface area contributed by atoms with E-state index in [0.717, 1.165) is 48.7 Å². The van der Waals surface area contributed by atoms with E-state index in [0.29, 0.717) is 75.9 Å². The molecule has 3 aromatic heterocycles. The molecule has 5 heterocycles. The van der Waals surface area contributed by atoms with Crippen LogP contribution in [0.25, 0.3) is 38.3 Å². The van der Waals surface area contributed by atoms with Gasteiger partial charge in [-0.2, -0.15) is 0 Å². The van der Waals surface area contributed by atoms with Crippen molar-refractivity contribution in [1.29, 1.82) is 0 Å². The fourth-order valence-electron chi connectivity index (χ4n) is 11.0. The van der Waals surface area contributed by atoms with Crippen molar-refractivity contribution in [2.75, 3.05) is 19.8 Å². The average molecular weight is 910 g/mol. The van der Waals surface area contributed by atoms with Gasteiger partial charge in [0.05, 0.1) is 22.9 Å². The lowest BCUT2D eigenvalue weighted by Crippen LogP contribution is -2.58. The molecule has 6 aromatic rings. The fourth-order valence-corrected chi connectivity index (χ4v) is 11.0. The van der Waals surface area contributed by atoms with Gasteiger partial charge in [-0.15, -0.1) is 0 Å². The highest BCUT2D eigenvalue weighted by atomic mass is 17.2. The molecule has 2 fully saturated rings. The molecule has 0 radical (unpaired) electrons. The topological polar surface area (TPSA) is 249 Å². The molecule has 0 bridgehead atoms. The summed E-state index contributed by atoms with van der Waals surface area (Å²) in [6.45, 7) is 4.51. The number of aryl methyl sites for hydroxylation is 2. The van der Waals surface area contributed by atoms with E-state index in [1.54, 1.807) is 13.0 Å². The molecule has 16 heteroatoms. The zero-order valence-corrected chi connectivity index (χ0v) is 37.4. The normalized spacial score (nSPS) is 22.9. The molecule has 7 unspecified atom stereocenters. The lowest BCUT2D eigenvalue weighted by Gasteiger charge is -2.44. The number of ether oxygens (including phenoxy) is 1. The number of nitrogens with one attached hydrogen (secondary N) is 2. The van der Waals surface area contributed by atoms with E-state index in [4.69, 9.17) is 18.9 Å². The molecule has 1 aliphatic carbocycles. The van der Waals surface area contributed by atoms with Gasteiger partial charge in [0.15, 0.2) is 16.8 Å². The van der Waals surface area contributed by atoms with Crippen LogP contribution in [-0.2, 0) is 33.8 Å². The van der Waals surface area contributed by atoms with Crippen molar-refractivity contribution in [3.63, 3.8) is 0 Å². The molecule has 7 atom stereocenters. The first-order chi connectivity index (χ1) is 31.6. The first-order valence-electron chi connectivity index (χ1n) is 22.9. The maximum absolute atomic E-state index is 13.8. The van der Waals surface area contributed by atoms with Crippen molar-refractivity contribution >= 4 is 38.6 Å². The number of H-pyrrole nitrogens is 1. The van der Waals surface area contributed by atoms with Crippen LogP contribution in [0.2, 0.25) is 0 Å². The first-order valence-corrected chi connectivity index (χ1v) is 22.9. The van der Waals surface area contributed by atoms with Gasteiger partial charge in [0.1, 0.15) is 65.2 Å². The molecular weight excluding hydrogens is 851 g/mol. The molecule has 1 spiro atoms. The molecule has 9 N–H and O–H groups in total. The fraction of sp³-hybridized carbons (Fsp3) is 0.480. The summed E-state index contributed by atoms with van der Waals surface area (Å²) in [7, 11) is 0. The second-order valence-corrected chi connectivity index (χ2v) is 19.0. The highest BCUT2D eigenvalue weighted by Gasteiger charge is 2.53. The standard InChI is InChI=1S/C50H59N3O13/c1-4-37-33-13-17-51-36(33)24-53(37)42-44-29(19-35-39(57)18-27(2)64-45(35)42)20-41(48(3,65-44)16-12-30-23-52-47(61)49(30)14-6-5-7-15-49)66-63-26-50(62,46(60)43(59)40(58)25-54)22-28-8-11-38(56)32-10-9-31(55)21-34(28)32/h8-11,13,17-19,21,24,30,40-41,43,46,51,54-56,58-60,62H,4-7,12,14-16,20,22-23,25-26H2,1-3H3,(H,52,61). The number of amides is 1. The Morgan fingerprint density at radius 3 is 2.53 bits per heavy atom. The number of nitrogens with zero attached hydrogens (tertiary/aromatic N) is 1. The van der Waals surface area contributed by atoms with Gasteiger partial charge in [-0.1, -0.05) is 32.3 Å². The molecule has 1 saturated heterocycles. The molecular formula is C50H59N3O13. The second-order valence-electron chi connectivity index (χ2n) is 19.0. The van der Waals surface area contributed by atoms with Crippen molar-refractivity contribution in [3.8, 4) is 22.9 Å². The number of phenolic OH excluding ortho intramolecular Hbond substituents is 2. The number of aromatic amines is 1. The third-order valence-corrected chi connectivity index (χ3v) is 14.8. The Balaban J connectivity index is 1.11. The zero-order valence-electron chi connectivity index (χ0n) is 37.4. The number of fused-ring (bicyclic) bond motifs is 4. The number of aliphatic hydroxyl groups excluding tert-OH is 4. The Labute approximate surface area is 380 Å². The number of aromatic nitrogens is 2. The lowest BCUT2D eigenvalue weighted by molar-refractivity contribution is -0.371. The quantitative estimate of drug-likeness (QED) is 0.0485. The summed E-state index contributed by atoms with van der Waals surface area (Å²) in [5.74, 6) is 0.789. The van der Waals surface area contributed by atoms with E-state index in [9.17, 15) is 45.3 Å². The van der Waals surface area contributed by atoms with Crippen molar-refractivity contribution in [3.05, 3.63) is 93.7 Å². The smallest absolute Gasteiger partial charge is 0.226 e. The van der Waals surface area contributed by atoms with E-state index in [2.05, 4.69) is 17.2 Å². The van der Waals surface area contributed by atoms with Crippen LogP contribution in [0, 0.1) is 18.3 Å². The minimum absolute atomic E-state index is 0.0154. The number of aliphatic hydroxyl groups is 5. The van der Waals surface area contributed by atoms with E-state index < -0.39 is 60.7 Å². The van der Waals surface area contributed by atoms with Gasteiger partial charge < -0.3 is 59.8 Å². The summed E-state index contributed by atoms with van der Waals surface area (Å²) in [6.07, 6.45) is 2.87. The minimum Gasteiger partial charge on any atom is -0.508 e. The number of carbonyl (C=O) groups is 1. The summed E-state index contributed by atoms with van der Waals surface area (Å²) in [5.41, 5.74) is -0.603. The molecule has 66 heavy (non-hydrogen) atoms. The van der Waals surface area contributed by atoms with Crippen LogP contribution < -0.4 is 15.5 Å². The summed E-state index contributed by atoms with van der Waals surface area (Å²) in [4.78, 5) is 42.9. The van der Waals surface area contributed by atoms with Gasteiger partial charge in [0, 0.05) is 59.9 Å². The van der Waals surface area contributed by atoms with E-state index in [1.807, 2.05) is 30.0 Å². The maximum atomic E-state index is 13.8. The Morgan fingerprint density at radius 2 is 1.77 bits per heavy atom. The van der Waals surface area contributed by atoms with Crippen molar-refractivity contribution in [2.45, 2.75) is 121 Å². The summed E-state index contributed by atoms with van der Waals surface area (Å²) >= 11 is 0. The summed E-state index contributed by atoms with van der Waals surface area (Å²) < 4.78 is 15.7. The van der Waals surface area contributed by atoms with Crippen LogP contribution in [0.3, 0.4) is 0 Å². The zero-order chi connectivity index (χ0) is 46.7. The maximum Gasteiger partial charge on any atom is 0.226 e. The SMILES string of the molecule is CCc1c2cc[nH]c2cn1-c1c2c(cc3c(=O)cc(C)oc13)CC(OOCC(O)(Cc1ccc(O)c3ccc(O)cc13)C(O)C(O)C(O)CO)C(C)(CCC1CNC(=O)C13CCCCC3)O2. The van der Waals surface area contributed by atoms with Gasteiger partial charge in [-0.25, -0.2) is 9.78 Å². The van der Waals surface area contributed by atoms with Crippen LogP contribution >= 0.6 is 0 Å². The molecule has 9 rings (SSSR count). The van der Waals surface area contributed by atoms with E-state index in [1.165, 1.54) is 36.4 Å². The Hall–Kier alpha value is -5.46. The van der Waals surface area contributed by atoms with Crippen molar-refractivity contribution in [2.24, 2.45) is 11.3 Å². The molecule has 3 aliphatic rings. The van der Waals surface area contributed by atoms with Crippen LogP contribution in [0.1, 0.15) is 81.4 Å². The Bertz CT molecular complexity index is 2840. The predicted octanol–water partition coefficient (Wildman–Crippen LogP) is 5.04. The number of benzene rings is 3. The predicted molar refractivity (Wildman–Crippen MR) is 244 cm³/mol. The third kappa shape index (κ3) is 7.91. The van der Waals surface area contributed by atoms with Gasteiger partial charge in [-0.3, -0.25) is 9.59 Å². The Morgan fingerprint density at radius 1 is 0.985 bits per heavy atom. The monoisotopic (exact) mass is 909 g/mol. The van der Waals surface area contributed by atoms with Crippen LogP contribution in [-0.4, -0.2) is 107 Å². The van der Waals surface area contributed by atoms with Gasteiger partial charge in [0.25, 0.3) is 0 Å². The molecule has 3 aromatic carbocycles. The number of rotatable bonds is 15.